The third-order valence-corrected chi connectivity index (χ3v) is 2.26. The predicted octanol–water partition coefficient (Wildman–Crippen LogP) is 2.80. The van der Waals surface area contributed by atoms with Gasteiger partial charge in [0.25, 0.3) is 0 Å². The van der Waals surface area contributed by atoms with E-state index in [0.29, 0.717) is 0 Å². The molecular weight excluding hydrogens is 235 g/mol. The maximum absolute atomic E-state index is 13.0. The summed E-state index contributed by atoms with van der Waals surface area (Å²) < 4.78 is 38.7. The molecule has 0 saturated heterocycles. The Hall–Kier alpha value is -2.24. The summed E-state index contributed by atoms with van der Waals surface area (Å²) in [6.45, 7) is 0. The first kappa shape index (κ1) is 11.3. The van der Waals surface area contributed by atoms with Crippen molar-refractivity contribution >= 4 is 5.97 Å². The normalized spacial score (nSPS) is 10.5. The topological polar surface area (TPSA) is 53.1 Å². The molecule has 0 atom stereocenters. The number of aromatic carboxylic acids is 1. The van der Waals surface area contributed by atoms with Crippen molar-refractivity contribution in [1.82, 2.24) is 4.98 Å². The van der Waals surface area contributed by atoms with Crippen molar-refractivity contribution in [3.8, 4) is 11.1 Å². The second-order valence-corrected chi connectivity index (χ2v) is 3.33. The second-order valence-electron chi connectivity index (χ2n) is 3.33. The molecule has 1 heterocycles. The minimum absolute atomic E-state index is 0.0416. The summed E-state index contributed by atoms with van der Waals surface area (Å²) in [5.41, 5.74) is -0.161. The Bertz CT molecular complexity index is 569. The Morgan fingerprint density at radius 3 is 2.29 bits per heavy atom. The van der Waals surface area contributed by atoms with Crippen LogP contribution in [0.2, 0.25) is 0 Å². The van der Waals surface area contributed by atoms with E-state index in [9.17, 15) is 18.0 Å². The van der Waals surface area contributed by atoms with E-state index in [4.69, 9.17) is 5.11 Å². The molecule has 0 aliphatic carbocycles. The third-order valence-electron chi connectivity index (χ3n) is 2.26. The van der Waals surface area contributed by atoms with Crippen LogP contribution in [0, 0.1) is 17.5 Å². The van der Waals surface area contributed by atoms with Crippen LogP contribution in [-0.2, 0) is 0 Å². The van der Waals surface area contributed by atoms with Gasteiger partial charge in [-0.3, -0.25) is 0 Å². The van der Waals surface area contributed by atoms with E-state index < -0.39 is 23.4 Å². The van der Waals surface area contributed by atoms with Crippen LogP contribution in [0.5, 0.6) is 0 Å². The van der Waals surface area contributed by atoms with Gasteiger partial charge in [-0.1, -0.05) is 0 Å². The summed E-state index contributed by atoms with van der Waals surface area (Å²) in [7, 11) is 0. The average molecular weight is 241 g/mol. The number of benzene rings is 1. The molecule has 1 aromatic heterocycles. The number of H-pyrrole nitrogens is 1. The molecule has 0 fully saturated rings. The van der Waals surface area contributed by atoms with Gasteiger partial charge in [0, 0.05) is 11.8 Å². The molecule has 3 nitrogen and oxygen atoms in total. The standard InChI is InChI=1S/C11H6F3NO2/c12-7-3-5(4-8(13)9(7)14)6-1-2-15-10(6)11(16)17/h1-4,15H,(H,16,17). The first-order chi connectivity index (χ1) is 8.00. The summed E-state index contributed by atoms with van der Waals surface area (Å²) in [5, 5.41) is 8.82. The SMILES string of the molecule is O=C(O)c1[nH]ccc1-c1cc(F)c(F)c(F)c1. The molecule has 0 spiro atoms. The lowest BCUT2D eigenvalue weighted by molar-refractivity contribution is 0.0692. The van der Waals surface area contributed by atoms with Crippen molar-refractivity contribution < 1.29 is 23.1 Å². The summed E-state index contributed by atoms with van der Waals surface area (Å²) in [5.74, 6) is -5.58. The lowest BCUT2D eigenvalue weighted by Crippen LogP contribution is -1.99. The van der Waals surface area contributed by atoms with E-state index in [0.717, 1.165) is 12.1 Å². The van der Waals surface area contributed by atoms with Crippen molar-refractivity contribution in [2.24, 2.45) is 0 Å². The van der Waals surface area contributed by atoms with Crippen molar-refractivity contribution in [3.05, 3.63) is 47.5 Å². The Morgan fingerprint density at radius 2 is 1.76 bits per heavy atom. The van der Waals surface area contributed by atoms with E-state index in [1.807, 2.05) is 0 Å². The van der Waals surface area contributed by atoms with Crippen molar-refractivity contribution in [3.63, 3.8) is 0 Å². The van der Waals surface area contributed by atoms with Crippen LogP contribution in [0.1, 0.15) is 10.5 Å². The quantitative estimate of drug-likeness (QED) is 0.794. The van der Waals surface area contributed by atoms with Gasteiger partial charge in [0.05, 0.1) is 0 Å². The fourth-order valence-electron chi connectivity index (χ4n) is 1.50. The molecule has 17 heavy (non-hydrogen) atoms. The zero-order valence-corrected chi connectivity index (χ0v) is 8.30. The molecule has 2 aromatic rings. The highest BCUT2D eigenvalue weighted by molar-refractivity contribution is 5.94. The molecule has 0 unspecified atom stereocenters. The second kappa shape index (κ2) is 3.97. The van der Waals surface area contributed by atoms with Crippen molar-refractivity contribution in [2.75, 3.05) is 0 Å². The summed E-state index contributed by atoms with van der Waals surface area (Å²) in [4.78, 5) is 13.2. The van der Waals surface area contributed by atoms with Crippen LogP contribution in [-0.4, -0.2) is 16.1 Å². The molecule has 1 aromatic carbocycles. The van der Waals surface area contributed by atoms with Gasteiger partial charge in [-0.15, -0.1) is 0 Å². The first-order valence-corrected chi connectivity index (χ1v) is 4.56. The van der Waals surface area contributed by atoms with Crippen LogP contribution in [0.25, 0.3) is 11.1 Å². The smallest absolute Gasteiger partial charge is 0.352 e. The highest BCUT2D eigenvalue weighted by Gasteiger charge is 2.17. The van der Waals surface area contributed by atoms with Gasteiger partial charge in [-0.05, 0) is 23.8 Å². The predicted molar refractivity (Wildman–Crippen MR) is 53.1 cm³/mol. The molecule has 0 radical (unpaired) electrons. The van der Waals surface area contributed by atoms with Crippen molar-refractivity contribution in [1.29, 1.82) is 0 Å². The van der Waals surface area contributed by atoms with Gasteiger partial charge >= 0.3 is 5.97 Å². The minimum atomic E-state index is -1.58. The molecule has 0 aliphatic heterocycles. The van der Waals surface area contributed by atoms with Gasteiger partial charge in [-0.25, -0.2) is 18.0 Å². The number of aromatic amines is 1. The molecule has 0 amide bonds. The highest BCUT2D eigenvalue weighted by atomic mass is 19.2. The van der Waals surface area contributed by atoms with Gasteiger partial charge in [-0.2, -0.15) is 0 Å². The highest BCUT2D eigenvalue weighted by Crippen LogP contribution is 2.26. The molecule has 6 heteroatoms. The average Bonchev–Trinajstić information content (AvgIpc) is 2.74. The molecule has 0 saturated carbocycles. The number of carboxylic acids is 1. The maximum Gasteiger partial charge on any atom is 0.352 e. The largest absolute Gasteiger partial charge is 0.477 e. The molecular formula is C11H6F3NO2. The zero-order valence-electron chi connectivity index (χ0n) is 8.30. The fourth-order valence-corrected chi connectivity index (χ4v) is 1.50. The van der Waals surface area contributed by atoms with Gasteiger partial charge in [0.15, 0.2) is 17.5 Å². The summed E-state index contributed by atoms with van der Waals surface area (Å²) in [6, 6.07) is 2.83. The molecule has 0 aliphatic rings. The van der Waals surface area contributed by atoms with Crippen LogP contribution in [0.4, 0.5) is 13.2 Å². The Balaban J connectivity index is 2.61. The number of aromatic nitrogens is 1. The monoisotopic (exact) mass is 241 g/mol. The molecule has 88 valence electrons. The molecule has 2 rings (SSSR count). The van der Waals surface area contributed by atoms with Crippen LogP contribution < -0.4 is 0 Å². The van der Waals surface area contributed by atoms with E-state index in [2.05, 4.69) is 4.98 Å². The van der Waals surface area contributed by atoms with Crippen LogP contribution >= 0.6 is 0 Å². The number of hydrogen-bond donors (Lipinski definition) is 2. The first-order valence-electron chi connectivity index (χ1n) is 4.56. The Morgan fingerprint density at radius 1 is 1.18 bits per heavy atom. The van der Waals surface area contributed by atoms with E-state index in [1.54, 1.807) is 0 Å². The third kappa shape index (κ3) is 1.89. The zero-order chi connectivity index (χ0) is 12.6. The van der Waals surface area contributed by atoms with Gasteiger partial charge in [0.2, 0.25) is 0 Å². The number of nitrogens with one attached hydrogen (secondary N) is 1. The number of carboxylic acid groups (broad SMARTS) is 1. The number of rotatable bonds is 2. The minimum Gasteiger partial charge on any atom is -0.477 e. The number of halogens is 3. The van der Waals surface area contributed by atoms with Crippen LogP contribution in [0.15, 0.2) is 24.4 Å². The molecule has 2 N–H and O–H groups in total. The van der Waals surface area contributed by atoms with Gasteiger partial charge in [0.1, 0.15) is 5.69 Å². The summed E-state index contributed by atoms with van der Waals surface area (Å²) in [6.07, 6.45) is 1.32. The fraction of sp³-hybridized carbons (Fsp3) is 0. The molecule has 0 bridgehead atoms. The number of hydrogen-bond acceptors (Lipinski definition) is 1. The van der Waals surface area contributed by atoms with Gasteiger partial charge < -0.3 is 10.1 Å². The van der Waals surface area contributed by atoms with E-state index in [-0.39, 0.29) is 16.8 Å². The number of carbonyl (C=O) groups is 1. The summed E-state index contributed by atoms with van der Waals surface area (Å²) >= 11 is 0. The van der Waals surface area contributed by atoms with Crippen molar-refractivity contribution in [2.45, 2.75) is 0 Å². The van der Waals surface area contributed by atoms with E-state index >= 15 is 0 Å². The Kier molecular flexibility index (Phi) is 2.63. The lowest BCUT2D eigenvalue weighted by atomic mass is 10.1. The Labute approximate surface area is 93.5 Å². The van der Waals surface area contributed by atoms with E-state index in [1.165, 1.54) is 12.3 Å². The maximum atomic E-state index is 13.0. The van der Waals surface area contributed by atoms with Crippen LogP contribution in [0.3, 0.4) is 0 Å². The lowest BCUT2D eigenvalue weighted by Gasteiger charge is -2.03.